The molecule has 0 amide bonds. The number of rotatable bonds is 1. The smallest absolute Gasteiger partial charge is 0.0633 e. The van der Waals surface area contributed by atoms with Gasteiger partial charge in [-0.1, -0.05) is 18.2 Å². The average Bonchev–Trinajstić information content (AvgIpc) is 1.91. The number of hydrogen-bond acceptors (Lipinski definition) is 1. The lowest BCUT2D eigenvalue weighted by Crippen LogP contribution is -1.61. The predicted molar refractivity (Wildman–Crippen MR) is 39.2 cm³/mol. The largest absolute Gasteiger partial charge is 0.252 e. The molecule has 0 bridgehead atoms. The second-order valence-electron chi connectivity index (χ2n) is 1.67. The summed E-state index contributed by atoms with van der Waals surface area (Å²) >= 11 is 0. The van der Waals surface area contributed by atoms with Crippen molar-refractivity contribution in [3.05, 3.63) is 30.3 Å². The molecule has 0 saturated heterocycles. The molecule has 1 nitrogen and oxygen atoms in total. The van der Waals surface area contributed by atoms with Crippen LogP contribution in [0.4, 0.5) is 5.69 Å². The van der Waals surface area contributed by atoms with Gasteiger partial charge in [-0.3, -0.25) is 4.99 Å². The predicted octanol–water partition coefficient (Wildman–Crippen LogP) is 2.29. The molecule has 0 aromatic heterocycles. The minimum absolute atomic E-state index is 0.958. The highest BCUT2D eigenvalue weighted by Crippen LogP contribution is 2.07. The van der Waals surface area contributed by atoms with Gasteiger partial charge in [-0.15, -0.1) is 0 Å². The Morgan fingerprint density at radius 2 is 1.89 bits per heavy atom. The highest BCUT2D eigenvalue weighted by Gasteiger charge is 1.78. The number of nitrogens with zero attached hydrogens (tertiary/aromatic N) is 1. The van der Waals surface area contributed by atoms with Crippen molar-refractivity contribution in [1.29, 1.82) is 0 Å². The van der Waals surface area contributed by atoms with Gasteiger partial charge in [-0.25, -0.2) is 0 Å². The third-order valence-corrected chi connectivity index (χ3v) is 0.997. The molecule has 0 N–H and O–H groups in total. The fraction of sp³-hybridized carbons (Fsp3) is 0.125. The molecule has 0 saturated carbocycles. The van der Waals surface area contributed by atoms with Crippen LogP contribution in [-0.2, 0) is 0 Å². The van der Waals surface area contributed by atoms with E-state index in [1.807, 2.05) is 30.3 Å². The van der Waals surface area contributed by atoms with E-state index in [0.29, 0.717) is 0 Å². The van der Waals surface area contributed by atoms with Crippen LogP contribution < -0.4 is 0 Å². The normalized spacial score (nSPS) is 10.3. The molecule has 1 heteroatoms. The topological polar surface area (TPSA) is 12.4 Å². The van der Waals surface area contributed by atoms with E-state index in [-0.39, 0.29) is 0 Å². The summed E-state index contributed by atoms with van der Waals surface area (Å²) in [7, 11) is 0. The van der Waals surface area contributed by atoms with E-state index in [9.17, 15) is 0 Å². The fourth-order valence-corrected chi connectivity index (χ4v) is 0.632. The van der Waals surface area contributed by atoms with E-state index in [1.165, 1.54) is 0 Å². The Hall–Kier alpha value is -1.11. The lowest BCUT2D eigenvalue weighted by Gasteiger charge is -1.86. The summed E-state index contributed by atoms with van der Waals surface area (Å²) in [6.45, 7) is 1.78. The van der Waals surface area contributed by atoms with Crippen molar-refractivity contribution in [3.8, 4) is 0 Å². The molecule has 1 radical (unpaired) electrons. The van der Waals surface area contributed by atoms with Crippen LogP contribution in [0.15, 0.2) is 35.3 Å². The van der Waals surface area contributed by atoms with E-state index in [0.717, 1.165) is 5.69 Å². The lowest BCUT2D eigenvalue weighted by molar-refractivity contribution is 1.53. The molecule has 0 aliphatic rings. The summed E-state index contributed by atoms with van der Waals surface area (Å²) in [5.41, 5.74) is 0.958. The van der Waals surface area contributed by atoms with Gasteiger partial charge in [0.05, 0.1) is 11.9 Å². The van der Waals surface area contributed by atoms with Crippen LogP contribution in [0.1, 0.15) is 6.92 Å². The number of hydrogen-bond donors (Lipinski definition) is 0. The molecule has 0 atom stereocenters. The van der Waals surface area contributed by atoms with Crippen LogP contribution in [0, 0.1) is 0 Å². The van der Waals surface area contributed by atoms with E-state index >= 15 is 0 Å². The SMILES string of the molecule is C[C]=Nc1ccccc1. The van der Waals surface area contributed by atoms with Crippen LogP contribution in [0.3, 0.4) is 0 Å². The Morgan fingerprint density at radius 3 is 2.44 bits per heavy atom. The van der Waals surface area contributed by atoms with Crippen molar-refractivity contribution in [2.75, 3.05) is 0 Å². The molecule has 9 heavy (non-hydrogen) atoms. The quantitative estimate of drug-likeness (QED) is 0.502. The summed E-state index contributed by atoms with van der Waals surface area (Å²) in [4.78, 5) is 3.96. The molecule has 1 aromatic carbocycles. The average molecular weight is 118 g/mol. The van der Waals surface area contributed by atoms with Crippen molar-refractivity contribution >= 4 is 11.9 Å². The summed E-state index contributed by atoms with van der Waals surface area (Å²) in [6, 6.07) is 9.76. The van der Waals surface area contributed by atoms with E-state index in [1.54, 1.807) is 6.92 Å². The first-order valence-electron chi connectivity index (χ1n) is 2.86. The van der Waals surface area contributed by atoms with E-state index in [2.05, 4.69) is 11.2 Å². The molecule has 0 unspecified atom stereocenters. The highest BCUT2D eigenvalue weighted by atomic mass is 14.7. The van der Waals surface area contributed by atoms with Crippen LogP contribution >= 0.6 is 0 Å². The first-order chi connectivity index (χ1) is 4.43. The first-order valence-corrected chi connectivity index (χ1v) is 2.86. The second-order valence-corrected chi connectivity index (χ2v) is 1.67. The van der Waals surface area contributed by atoms with Crippen LogP contribution in [0.25, 0.3) is 0 Å². The fourth-order valence-electron chi connectivity index (χ4n) is 0.632. The Morgan fingerprint density at radius 1 is 1.22 bits per heavy atom. The van der Waals surface area contributed by atoms with Crippen LogP contribution in [0.2, 0.25) is 0 Å². The molecular formula is C8H8N. The minimum Gasteiger partial charge on any atom is -0.252 e. The standard InChI is InChI=1S/C8H8N/c1-2-9-8-6-4-3-5-7-8/h3-7H,1H3. The zero-order valence-electron chi connectivity index (χ0n) is 5.33. The maximum Gasteiger partial charge on any atom is 0.0633 e. The van der Waals surface area contributed by atoms with Gasteiger partial charge in [0.1, 0.15) is 0 Å². The number of aliphatic imine (C=N–C) groups is 1. The maximum atomic E-state index is 3.96. The maximum absolute atomic E-state index is 3.96. The molecule has 0 aliphatic carbocycles. The van der Waals surface area contributed by atoms with Gasteiger partial charge in [0, 0.05) is 0 Å². The third kappa shape index (κ3) is 1.68. The summed E-state index contributed by atoms with van der Waals surface area (Å²) in [6.07, 6.45) is 2.71. The van der Waals surface area contributed by atoms with Gasteiger partial charge in [0.2, 0.25) is 0 Å². The van der Waals surface area contributed by atoms with Gasteiger partial charge in [0.25, 0.3) is 0 Å². The molecule has 1 rings (SSSR count). The molecule has 0 fully saturated rings. The Labute approximate surface area is 55.1 Å². The third-order valence-electron chi connectivity index (χ3n) is 0.997. The van der Waals surface area contributed by atoms with Crippen molar-refractivity contribution in [2.45, 2.75) is 6.92 Å². The highest BCUT2D eigenvalue weighted by molar-refractivity contribution is 5.59. The van der Waals surface area contributed by atoms with Gasteiger partial charge in [-0.05, 0) is 19.1 Å². The summed E-state index contributed by atoms with van der Waals surface area (Å²) < 4.78 is 0. The number of para-hydroxylation sites is 1. The van der Waals surface area contributed by atoms with Gasteiger partial charge >= 0.3 is 0 Å². The monoisotopic (exact) mass is 118 g/mol. The van der Waals surface area contributed by atoms with Crippen molar-refractivity contribution in [1.82, 2.24) is 0 Å². The van der Waals surface area contributed by atoms with Gasteiger partial charge in [0.15, 0.2) is 0 Å². The van der Waals surface area contributed by atoms with Crippen molar-refractivity contribution in [2.24, 2.45) is 4.99 Å². The van der Waals surface area contributed by atoms with E-state index in [4.69, 9.17) is 0 Å². The molecule has 0 heterocycles. The molecule has 0 spiro atoms. The number of benzene rings is 1. The first kappa shape index (κ1) is 6.02. The zero-order valence-corrected chi connectivity index (χ0v) is 5.33. The molecule has 1 aromatic rings. The van der Waals surface area contributed by atoms with Crippen molar-refractivity contribution < 1.29 is 0 Å². The van der Waals surface area contributed by atoms with Gasteiger partial charge < -0.3 is 0 Å². The lowest BCUT2D eigenvalue weighted by atomic mass is 10.3. The summed E-state index contributed by atoms with van der Waals surface area (Å²) in [5.74, 6) is 0. The van der Waals surface area contributed by atoms with E-state index < -0.39 is 0 Å². The zero-order chi connectivity index (χ0) is 6.53. The van der Waals surface area contributed by atoms with Crippen LogP contribution in [-0.4, -0.2) is 6.21 Å². The minimum atomic E-state index is 0.958. The van der Waals surface area contributed by atoms with Crippen LogP contribution in [0.5, 0.6) is 0 Å². The summed E-state index contributed by atoms with van der Waals surface area (Å²) in [5, 5.41) is 0. The second kappa shape index (κ2) is 3.02. The Bertz CT molecular complexity index is 189. The molecular weight excluding hydrogens is 110 g/mol. The van der Waals surface area contributed by atoms with Crippen molar-refractivity contribution in [3.63, 3.8) is 0 Å². The Kier molecular flexibility index (Phi) is 2.02. The van der Waals surface area contributed by atoms with Gasteiger partial charge in [-0.2, -0.15) is 0 Å². The molecule has 45 valence electrons. The molecule has 0 aliphatic heterocycles. The Balaban J connectivity index is 2.85.